The van der Waals surface area contributed by atoms with E-state index in [9.17, 15) is 4.79 Å². The number of carbonyl (C=O) groups is 1. The van der Waals surface area contributed by atoms with E-state index in [-0.39, 0.29) is 17.1 Å². The van der Waals surface area contributed by atoms with Crippen molar-refractivity contribution < 1.29 is 14.3 Å². The fourth-order valence-corrected chi connectivity index (χ4v) is 4.01. The molecule has 1 amide bonds. The van der Waals surface area contributed by atoms with Crippen LogP contribution in [0.2, 0.25) is 0 Å². The smallest absolute Gasteiger partial charge is 0.261 e. The molecule has 6 heteroatoms. The standard InChI is InChI=1S/C25H32N2O3S/c1-18(2)30-23-11-7-6-10-22(23)24(28)27-25(31)26-20-12-14-21(15-13-20)29-17-16-19-8-4-3-5-9-19/h6-7,10-15,18-19H,3-5,8-9,16-17H2,1-2H3,(H2,26,27,28,31). The predicted octanol–water partition coefficient (Wildman–Crippen LogP) is 5.95. The van der Waals surface area contributed by atoms with Crippen LogP contribution in [-0.2, 0) is 0 Å². The Hall–Kier alpha value is -2.60. The maximum atomic E-state index is 12.6. The SMILES string of the molecule is CC(C)Oc1ccccc1C(=O)NC(=S)Nc1ccc(OCCC2CCCCC2)cc1. The van der Waals surface area contributed by atoms with Crippen LogP contribution in [0.3, 0.4) is 0 Å². The van der Waals surface area contributed by atoms with Crippen molar-refractivity contribution in [3.8, 4) is 11.5 Å². The highest BCUT2D eigenvalue weighted by molar-refractivity contribution is 7.80. The third-order valence-corrected chi connectivity index (χ3v) is 5.56. The normalized spacial score (nSPS) is 14.2. The van der Waals surface area contributed by atoms with E-state index in [2.05, 4.69) is 10.6 Å². The van der Waals surface area contributed by atoms with Crippen molar-refractivity contribution in [2.75, 3.05) is 11.9 Å². The van der Waals surface area contributed by atoms with Gasteiger partial charge in [0.2, 0.25) is 0 Å². The van der Waals surface area contributed by atoms with Crippen LogP contribution < -0.4 is 20.1 Å². The van der Waals surface area contributed by atoms with Gasteiger partial charge in [-0.15, -0.1) is 0 Å². The summed E-state index contributed by atoms with van der Waals surface area (Å²) < 4.78 is 11.6. The van der Waals surface area contributed by atoms with Gasteiger partial charge in [-0.25, -0.2) is 0 Å². The number of ether oxygens (including phenoxy) is 2. The molecule has 0 aromatic heterocycles. The van der Waals surface area contributed by atoms with Crippen LogP contribution in [0.25, 0.3) is 0 Å². The van der Waals surface area contributed by atoms with Crippen LogP contribution in [0.4, 0.5) is 5.69 Å². The van der Waals surface area contributed by atoms with Gasteiger partial charge in [0.05, 0.1) is 18.3 Å². The number of benzene rings is 2. The monoisotopic (exact) mass is 440 g/mol. The van der Waals surface area contributed by atoms with Crippen molar-refractivity contribution in [1.29, 1.82) is 0 Å². The summed E-state index contributed by atoms with van der Waals surface area (Å²) in [5.74, 6) is 1.88. The molecule has 0 heterocycles. The van der Waals surface area contributed by atoms with Crippen molar-refractivity contribution in [1.82, 2.24) is 5.32 Å². The maximum absolute atomic E-state index is 12.6. The molecule has 31 heavy (non-hydrogen) atoms. The quantitative estimate of drug-likeness (QED) is 0.497. The molecule has 2 N–H and O–H groups in total. The Bertz CT molecular complexity index is 861. The van der Waals surface area contributed by atoms with Crippen molar-refractivity contribution in [2.45, 2.75) is 58.5 Å². The molecule has 0 bridgehead atoms. The number of thiocarbonyl (C=S) groups is 1. The van der Waals surface area contributed by atoms with E-state index in [1.807, 2.05) is 44.2 Å². The lowest BCUT2D eigenvalue weighted by Crippen LogP contribution is -2.34. The first-order valence-corrected chi connectivity index (χ1v) is 11.5. The summed E-state index contributed by atoms with van der Waals surface area (Å²) in [7, 11) is 0. The zero-order chi connectivity index (χ0) is 22.1. The lowest BCUT2D eigenvalue weighted by Gasteiger charge is -2.21. The molecule has 5 nitrogen and oxygen atoms in total. The van der Waals surface area contributed by atoms with Gasteiger partial charge in [0.1, 0.15) is 11.5 Å². The molecule has 166 valence electrons. The average molecular weight is 441 g/mol. The van der Waals surface area contributed by atoms with Crippen molar-refractivity contribution in [2.24, 2.45) is 5.92 Å². The highest BCUT2D eigenvalue weighted by atomic mass is 32.1. The molecular weight excluding hydrogens is 408 g/mol. The van der Waals surface area contributed by atoms with Crippen molar-refractivity contribution in [3.05, 3.63) is 54.1 Å². The number of rotatable bonds is 8. The Morgan fingerprint density at radius 2 is 1.77 bits per heavy atom. The third-order valence-electron chi connectivity index (χ3n) is 5.35. The lowest BCUT2D eigenvalue weighted by atomic mass is 9.87. The Labute approximate surface area is 190 Å². The van der Waals surface area contributed by atoms with E-state index in [0.717, 1.165) is 30.4 Å². The van der Waals surface area contributed by atoms with Gasteiger partial charge in [0.15, 0.2) is 5.11 Å². The van der Waals surface area contributed by atoms with Crippen molar-refractivity contribution in [3.63, 3.8) is 0 Å². The summed E-state index contributed by atoms with van der Waals surface area (Å²) in [4.78, 5) is 12.6. The largest absolute Gasteiger partial charge is 0.494 e. The summed E-state index contributed by atoms with van der Waals surface area (Å²) in [5.41, 5.74) is 1.23. The number of para-hydroxylation sites is 1. The second-order valence-corrected chi connectivity index (χ2v) is 8.64. The van der Waals surface area contributed by atoms with Gasteiger partial charge < -0.3 is 14.8 Å². The topological polar surface area (TPSA) is 59.6 Å². The molecule has 2 aromatic rings. The number of amides is 1. The maximum Gasteiger partial charge on any atom is 0.261 e. The van der Waals surface area contributed by atoms with Crippen LogP contribution in [-0.4, -0.2) is 23.7 Å². The molecule has 0 aliphatic heterocycles. The minimum absolute atomic E-state index is 0.0255. The summed E-state index contributed by atoms with van der Waals surface area (Å²) >= 11 is 5.30. The lowest BCUT2D eigenvalue weighted by molar-refractivity contribution is 0.0972. The second-order valence-electron chi connectivity index (χ2n) is 8.24. The van der Waals surface area contributed by atoms with Crippen LogP contribution in [0.5, 0.6) is 11.5 Å². The molecule has 1 aliphatic carbocycles. The summed E-state index contributed by atoms with van der Waals surface area (Å²) in [6.45, 7) is 4.60. The highest BCUT2D eigenvalue weighted by Gasteiger charge is 2.15. The molecule has 2 aromatic carbocycles. The van der Waals surface area contributed by atoms with E-state index in [1.54, 1.807) is 18.2 Å². The summed E-state index contributed by atoms with van der Waals surface area (Å²) in [5, 5.41) is 5.99. The number of hydrogen-bond acceptors (Lipinski definition) is 4. The van der Waals surface area contributed by atoms with E-state index in [0.29, 0.717) is 11.3 Å². The molecule has 0 unspecified atom stereocenters. The molecule has 0 atom stereocenters. The number of anilines is 1. The molecule has 0 radical (unpaired) electrons. The van der Waals surface area contributed by atoms with E-state index in [1.165, 1.54) is 32.1 Å². The Morgan fingerprint density at radius 3 is 2.48 bits per heavy atom. The van der Waals surface area contributed by atoms with Crippen LogP contribution in [0.15, 0.2) is 48.5 Å². The molecule has 1 aliphatic rings. The van der Waals surface area contributed by atoms with Gasteiger partial charge in [0.25, 0.3) is 5.91 Å². The van der Waals surface area contributed by atoms with Gasteiger partial charge in [-0.1, -0.05) is 44.2 Å². The molecule has 0 spiro atoms. The summed E-state index contributed by atoms with van der Waals surface area (Å²) in [6.07, 6.45) is 7.87. The Balaban J connectivity index is 1.46. The number of nitrogens with one attached hydrogen (secondary N) is 2. The number of carbonyl (C=O) groups excluding carboxylic acids is 1. The predicted molar refractivity (Wildman–Crippen MR) is 129 cm³/mol. The van der Waals surface area contributed by atoms with Gasteiger partial charge in [-0.3, -0.25) is 10.1 Å². The Kier molecular flexibility index (Phi) is 8.71. The molecule has 3 rings (SSSR count). The Morgan fingerprint density at radius 1 is 1.06 bits per heavy atom. The van der Waals surface area contributed by atoms with Crippen LogP contribution in [0.1, 0.15) is 62.7 Å². The highest BCUT2D eigenvalue weighted by Crippen LogP contribution is 2.26. The summed E-state index contributed by atoms with van der Waals surface area (Å²) in [6, 6.07) is 14.7. The minimum Gasteiger partial charge on any atom is -0.494 e. The van der Waals surface area contributed by atoms with E-state index < -0.39 is 0 Å². The van der Waals surface area contributed by atoms with Gasteiger partial charge in [-0.05, 0) is 74.8 Å². The zero-order valence-corrected chi connectivity index (χ0v) is 19.2. The zero-order valence-electron chi connectivity index (χ0n) is 18.4. The van der Waals surface area contributed by atoms with Crippen LogP contribution in [0, 0.1) is 5.92 Å². The first-order chi connectivity index (χ1) is 15.0. The third kappa shape index (κ3) is 7.55. The van der Waals surface area contributed by atoms with E-state index >= 15 is 0 Å². The molecule has 1 saturated carbocycles. The van der Waals surface area contributed by atoms with Crippen LogP contribution >= 0.6 is 12.2 Å². The van der Waals surface area contributed by atoms with Gasteiger partial charge in [0, 0.05) is 5.69 Å². The number of hydrogen-bond donors (Lipinski definition) is 2. The van der Waals surface area contributed by atoms with Gasteiger partial charge >= 0.3 is 0 Å². The molecular formula is C25H32N2O3S. The van der Waals surface area contributed by atoms with Crippen molar-refractivity contribution >= 4 is 28.9 Å². The van der Waals surface area contributed by atoms with E-state index in [4.69, 9.17) is 21.7 Å². The van der Waals surface area contributed by atoms with Gasteiger partial charge in [-0.2, -0.15) is 0 Å². The molecule has 1 fully saturated rings. The first kappa shape index (κ1) is 23.1. The first-order valence-electron chi connectivity index (χ1n) is 11.1. The fraction of sp³-hybridized carbons (Fsp3) is 0.440. The minimum atomic E-state index is -0.309. The molecule has 0 saturated heterocycles. The second kappa shape index (κ2) is 11.7. The fourth-order valence-electron chi connectivity index (χ4n) is 3.80. The average Bonchev–Trinajstić information content (AvgIpc) is 2.75.